The van der Waals surface area contributed by atoms with Crippen molar-refractivity contribution in [2.24, 2.45) is 33.5 Å². The number of rotatable bonds is 2. The largest absolute Gasteiger partial charge is 0.294 e. The lowest BCUT2D eigenvalue weighted by Crippen LogP contribution is -2.34. The van der Waals surface area contributed by atoms with Gasteiger partial charge in [0.25, 0.3) is 0 Å². The fourth-order valence-corrected chi connectivity index (χ4v) is 4.30. The van der Waals surface area contributed by atoms with Gasteiger partial charge in [0.1, 0.15) is 0 Å². The van der Waals surface area contributed by atoms with Crippen LogP contribution in [0.2, 0.25) is 0 Å². The molecule has 0 aromatic heterocycles. The Hall–Kier alpha value is -1.96. The summed E-state index contributed by atoms with van der Waals surface area (Å²) >= 11 is 0. The van der Waals surface area contributed by atoms with Crippen LogP contribution >= 0.6 is 0 Å². The van der Waals surface area contributed by atoms with Gasteiger partial charge in [-0.15, -0.1) is 0 Å². The normalized spacial score (nSPS) is 23.8. The maximum absolute atomic E-state index is 13.2. The molecule has 0 aliphatic heterocycles. The molecule has 2 unspecified atom stereocenters. The van der Waals surface area contributed by atoms with Crippen molar-refractivity contribution in [3.8, 4) is 0 Å². The minimum absolute atomic E-state index is 0.145. The van der Waals surface area contributed by atoms with Crippen molar-refractivity contribution in [3.05, 3.63) is 58.7 Å². The Labute approximate surface area is 196 Å². The van der Waals surface area contributed by atoms with Crippen LogP contribution in [0.15, 0.2) is 58.7 Å². The number of hydrogen-bond donors (Lipinski definition) is 0. The number of carbonyl (C=O) groups is 2. The highest BCUT2D eigenvalue weighted by molar-refractivity contribution is 6.02. The van der Waals surface area contributed by atoms with E-state index in [-0.39, 0.29) is 45.1 Å². The third-order valence-electron chi connectivity index (χ3n) is 6.39. The van der Waals surface area contributed by atoms with E-state index in [0.717, 1.165) is 22.3 Å². The molecule has 0 aromatic rings. The average Bonchev–Trinajstić information content (AvgIpc) is 2.57. The van der Waals surface area contributed by atoms with Gasteiger partial charge in [0.05, 0.1) is 0 Å². The maximum atomic E-state index is 13.2. The Morgan fingerprint density at radius 3 is 1.06 bits per heavy atom. The second kappa shape index (κ2) is 8.43. The summed E-state index contributed by atoms with van der Waals surface area (Å²) in [5.74, 6) is 0.164. The highest BCUT2D eigenvalue weighted by atomic mass is 16.1. The SMILES string of the molecule is CC(C)(C)C1=CC(C=CC2=CC(C(C)(C)C)C(=O)C(C(C)(C)C)=C2)=CC(C(C)(C)C)C1=O. The molecule has 0 bridgehead atoms. The minimum atomic E-state index is -0.207. The lowest BCUT2D eigenvalue weighted by Gasteiger charge is -2.35. The average molecular weight is 437 g/mol. The minimum Gasteiger partial charge on any atom is -0.294 e. The van der Waals surface area contributed by atoms with Crippen LogP contribution in [0, 0.1) is 33.5 Å². The molecule has 2 atom stereocenters. The first-order valence-corrected chi connectivity index (χ1v) is 11.9. The van der Waals surface area contributed by atoms with Crippen molar-refractivity contribution in [3.63, 3.8) is 0 Å². The first-order chi connectivity index (χ1) is 14.2. The molecule has 0 aromatic carbocycles. The van der Waals surface area contributed by atoms with E-state index in [4.69, 9.17) is 0 Å². The number of hydrogen-bond acceptors (Lipinski definition) is 2. The predicted octanol–water partition coefficient (Wildman–Crippen LogP) is 7.83. The van der Waals surface area contributed by atoms with E-state index in [1.54, 1.807) is 0 Å². The molecule has 0 radical (unpaired) electrons. The van der Waals surface area contributed by atoms with E-state index < -0.39 is 0 Å². The van der Waals surface area contributed by atoms with Gasteiger partial charge in [-0.3, -0.25) is 9.59 Å². The summed E-state index contributed by atoms with van der Waals surface area (Å²) in [6.45, 7) is 25.4. The summed E-state index contributed by atoms with van der Waals surface area (Å²) in [4.78, 5) is 26.4. The molecule has 0 amide bonds. The smallest absolute Gasteiger partial charge is 0.166 e. The zero-order valence-electron chi connectivity index (χ0n) is 22.4. The summed E-state index contributed by atoms with van der Waals surface area (Å²) in [7, 11) is 0. The van der Waals surface area contributed by atoms with Crippen LogP contribution in [-0.4, -0.2) is 11.6 Å². The van der Waals surface area contributed by atoms with Crippen molar-refractivity contribution < 1.29 is 9.59 Å². The van der Waals surface area contributed by atoms with Gasteiger partial charge in [-0.2, -0.15) is 0 Å². The van der Waals surface area contributed by atoms with Crippen LogP contribution in [-0.2, 0) is 9.59 Å². The molecule has 2 aliphatic carbocycles. The Kier molecular flexibility index (Phi) is 6.93. The molecule has 32 heavy (non-hydrogen) atoms. The van der Waals surface area contributed by atoms with E-state index in [9.17, 15) is 9.59 Å². The molecular formula is C30H44O2. The fraction of sp³-hybridized carbons (Fsp3) is 0.600. The molecule has 0 heterocycles. The van der Waals surface area contributed by atoms with Crippen molar-refractivity contribution >= 4 is 11.6 Å². The number of ketones is 2. The third-order valence-corrected chi connectivity index (χ3v) is 6.39. The quantitative estimate of drug-likeness (QED) is 0.442. The summed E-state index contributed by atoms with van der Waals surface area (Å²) in [6.07, 6.45) is 12.5. The highest BCUT2D eigenvalue weighted by Crippen LogP contribution is 2.41. The van der Waals surface area contributed by atoms with Crippen LogP contribution in [0.4, 0.5) is 0 Å². The van der Waals surface area contributed by atoms with E-state index >= 15 is 0 Å². The summed E-state index contributed by atoms with van der Waals surface area (Å²) in [5.41, 5.74) is 3.18. The fourth-order valence-electron chi connectivity index (χ4n) is 4.30. The molecule has 0 saturated heterocycles. The summed E-state index contributed by atoms with van der Waals surface area (Å²) in [6, 6.07) is 0. The zero-order chi connectivity index (χ0) is 24.9. The number of Topliss-reactive ketones (excluding diaryl/α,β-unsaturated/α-hetero) is 2. The van der Waals surface area contributed by atoms with Crippen molar-refractivity contribution in [2.45, 2.75) is 83.1 Å². The maximum Gasteiger partial charge on any atom is 0.166 e. The number of allylic oxidation sites excluding steroid dienone is 10. The van der Waals surface area contributed by atoms with E-state index in [1.165, 1.54) is 0 Å². The summed E-state index contributed by atoms with van der Waals surface area (Å²) < 4.78 is 0. The van der Waals surface area contributed by atoms with Gasteiger partial charge >= 0.3 is 0 Å². The Morgan fingerprint density at radius 2 is 0.844 bits per heavy atom. The molecule has 2 nitrogen and oxygen atoms in total. The molecular weight excluding hydrogens is 392 g/mol. The second-order valence-electron chi connectivity index (χ2n) is 13.7. The monoisotopic (exact) mass is 436 g/mol. The standard InChI is InChI=1S/C30H44O2/c1-27(2,3)21-15-19(16-22(25(21)31)28(4,5)6)13-14-20-17-23(29(7,8)9)26(32)24(18-20)30(10,11)12/h13-18,21,23H,1-12H3. The van der Waals surface area contributed by atoms with Crippen LogP contribution in [0.25, 0.3) is 0 Å². The molecule has 0 fully saturated rings. The van der Waals surface area contributed by atoms with E-state index in [1.807, 2.05) is 12.2 Å². The molecule has 2 heteroatoms. The van der Waals surface area contributed by atoms with Crippen molar-refractivity contribution in [1.29, 1.82) is 0 Å². The van der Waals surface area contributed by atoms with Crippen molar-refractivity contribution in [1.82, 2.24) is 0 Å². The van der Waals surface area contributed by atoms with Crippen LogP contribution in [0.5, 0.6) is 0 Å². The van der Waals surface area contributed by atoms with Crippen LogP contribution in [0.1, 0.15) is 83.1 Å². The lowest BCUT2D eigenvalue weighted by molar-refractivity contribution is -0.122. The molecule has 0 saturated carbocycles. The second-order valence-corrected chi connectivity index (χ2v) is 13.7. The molecule has 0 spiro atoms. The van der Waals surface area contributed by atoms with E-state index in [2.05, 4.69) is 107 Å². The van der Waals surface area contributed by atoms with Gasteiger partial charge in [-0.25, -0.2) is 0 Å². The van der Waals surface area contributed by atoms with Gasteiger partial charge in [-0.1, -0.05) is 107 Å². The first-order valence-electron chi connectivity index (χ1n) is 11.9. The zero-order valence-corrected chi connectivity index (χ0v) is 22.4. The lowest BCUT2D eigenvalue weighted by atomic mass is 9.68. The van der Waals surface area contributed by atoms with E-state index in [0.29, 0.717) is 0 Å². The Morgan fingerprint density at radius 1 is 0.562 bits per heavy atom. The summed E-state index contributed by atoms with van der Waals surface area (Å²) in [5, 5.41) is 0. The Balaban J connectivity index is 2.55. The highest BCUT2D eigenvalue weighted by Gasteiger charge is 2.38. The van der Waals surface area contributed by atoms with Gasteiger partial charge in [0.2, 0.25) is 0 Å². The molecule has 2 aliphatic rings. The molecule has 176 valence electrons. The van der Waals surface area contributed by atoms with Gasteiger partial charge in [-0.05, 0) is 45.0 Å². The molecule has 2 rings (SSSR count). The predicted molar refractivity (Wildman–Crippen MR) is 136 cm³/mol. The van der Waals surface area contributed by atoms with Gasteiger partial charge in [0, 0.05) is 23.0 Å². The topological polar surface area (TPSA) is 34.1 Å². The van der Waals surface area contributed by atoms with Gasteiger partial charge in [0.15, 0.2) is 11.6 Å². The number of carbonyl (C=O) groups excluding carboxylic acids is 2. The van der Waals surface area contributed by atoms with Crippen LogP contribution < -0.4 is 0 Å². The van der Waals surface area contributed by atoms with Crippen LogP contribution in [0.3, 0.4) is 0 Å². The van der Waals surface area contributed by atoms with Crippen molar-refractivity contribution in [2.75, 3.05) is 0 Å². The Bertz CT molecular complexity index is 855. The third kappa shape index (κ3) is 5.88. The molecule has 0 N–H and O–H groups in total. The first kappa shape index (κ1) is 26.3. The van der Waals surface area contributed by atoms with Gasteiger partial charge < -0.3 is 0 Å².